The number of piperazine rings is 1. The number of pyridine rings is 1. The van der Waals surface area contributed by atoms with E-state index in [1.165, 1.54) is 4.90 Å². The van der Waals surface area contributed by atoms with Crippen LogP contribution in [0.25, 0.3) is 22.2 Å². The van der Waals surface area contributed by atoms with E-state index in [0.717, 1.165) is 42.6 Å². The van der Waals surface area contributed by atoms with Crippen molar-refractivity contribution in [2.75, 3.05) is 29.4 Å². The number of aromatic nitrogens is 3. The maximum Gasteiger partial charge on any atom is 0.419 e. The van der Waals surface area contributed by atoms with Crippen LogP contribution in [0.4, 0.5) is 51.3 Å². The summed E-state index contributed by atoms with van der Waals surface area (Å²) in [6.07, 6.45) is -12.9. The molecule has 1 atom stereocenters. The van der Waals surface area contributed by atoms with Gasteiger partial charge < -0.3 is 14.8 Å². The highest BCUT2D eigenvalue weighted by Crippen LogP contribution is 2.40. The number of aldehydes is 1. The van der Waals surface area contributed by atoms with Gasteiger partial charge in [-0.05, 0) is 42.8 Å². The van der Waals surface area contributed by atoms with Gasteiger partial charge in [0.05, 0.1) is 27.7 Å². The van der Waals surface area contributed by atoms with E-state index in [4.69, 9.17) is 0 Å². The summed E-state index contributed by atoms with van der Waals surface area (Å²) in [6, 6.07) is 5.53. The zero-order chi connectivity index (χ0) is 30.6. The summed E-state index contributed by atoms with van der Waals surface area (Å²) >= 11 is 0. The number of hydrogen-bond donors (Lipinski definition) is 1. The number of halogens is 9. The minimum absolute atomic E-state index is 0.0187. The van der Waals surface area contributed by atoms with Crippen LogP contribution >= 0.6 is 0 Å². The Bertz CT molecular complexity index is 1620. The Balaban J connectivity index is 1.50. The van der Waals surface area contributed by atoms with Crippen molar-refractivity contribution in [1.29, 1.82) is 0 Å². The van der Waals surface area contributed by atoms with E-state index < -0.39 is 41.3 Å². The zero-order valence-corrected chi connectivity index (χ0v) is 21.5. The van der Waals surface area contributed by atoms with E-state index in [2.05, 4.69) is 15.0 Å². The predicted molar refractivity (Wildman–Crippen MR) is 135 cm³/mol. The number of alkyl halides is 9. The monoisotopic (exact) mass is 601 g/mol. The highest BCUT2D eigenvalue weighted by Gasteiger charge is 2.38. The maximum absolute atomic E-state index is 13.7. The van der Waals surface area contributed by atoms with Crippen LogP contribution in [-0.2, 0) is 18.5 Å². The highest BCUT2D eigenvalue weighted by atomic mass is 19.4. The number of benzene rings is 2. The summed E-state index contributed by atoms with van der Waals surface area (Å²) in [6.45, 7) is 1.87. The molecule has 2 aromatic heterocycles. The molecule has 4 aromatic rings. The molecule has 42 heavy (non-hydrogen) atoms. The van der Waals surface area contributed by atoms with E-state index >= 15 is 0 Å². The fourth-order valence-electron chi connectivity index (χ4n) is 4.93. The van der Waals surface area contributed by atoms with Crippen molar-refractivity contribution < 1.29 is 44.3 Å². The average Bonchev–Trinajstić information content (AvgIpc) is 3.35. The molecule has 0 radical (unpaired) electrons. The van der Waals surface area contributed by atoms with Crippen LogP contribution in [0.1, 0.15) is 34.0 Å². The first kappa shape index (κ1) is 29.2. The van der Waals surface area contributed by atoms with Crippen molar-refractivity contribution in [3.05, 3.63) is 70.9 Å². The van der Waals surface area contributed by atoms with Gasteiger partial charge >= 0.3 is 18.5 Å². The van der Waals surface area contributed by atoms with E-state index in [0.29, 0.717) is 6.07 Å². The molecule has 0 unspecified atom stereocenters. The van der Waals surface area contributed by atoms with Crippen molar-refractivity contribution in [3.8, 4) is 11.1 Å². The number of anilines is 2. The molecule has 222 valence electrons. The third-order valence-corrected chi connectivity index (χ3v) is 6.95. The lowest BCUT2D eigenvalue weighted by Gasteiger charge is -2.41. The lowest BCUT2D eigenvalue weighted by molar-refractivity contribution is -0.138. The normalized spacial score (nSPS) is 16.8. The summed E-state index contributed by atoms with van der Waals surface area (Å²) in [4.78, 5) is 25.2. The topological polar surface area (TPSA) is 65.1 Å². The van der Waals surface area contributed by atoms with Gasteiger partial charge in [0.1, 0.15) is 5.82 Å². The summed E-state index contributed by atoms with van der Waals surface area (Å²) in [5.41, 5.74) is -3.21. The molecular weight excluding hydrogens is 581 g/mol. The second-order valence-corrected chi connectivity index (χ2v) is 9.80. The lowest BCUT2D eigenvalue weighted by Crippen LogP contribution is -2.53. The van der Waals surface area contributed by atoms with E-state index in [1.807, 2.05) is 0 Å². The first-order chi connectivity index (χ1) is 19.6. The van der Waals surface area contributed by atoms with Crippen LogP contribution in [0.2, 0.25) is 0 Å². The number of carbonyl (C=O) groups excluding carboxylic acids is 1. The quantitative estimate of drug-likeness (QED) is 0.198. The van der Waals surface area contributed by atoms with Gasteiger partial charge in [0, 0.05) is 43.0 Å². The number of nitrogens with one attached hydrogen (secondary N) is 1. The minimum Gasteiger partial charge on any atom is -0.352 e. The Hall–Kier alpha value is -4.30. The van der Waals surface area contributed by atoms with E-state index in [-0.39, 0.29) is 65.4 Å². The van der Waals surface area contributed by atoms with Gasteiger partial charge in [-0.1, -0.05) is 12.1 Å². The number of aromatic amines is 1. The molecule has 0 saturated carbocycles. The second kappa shape index (κ2) is 10.2. The fourth-order valence-corrected chi connectivity index (χ4v) is 4.93. The Morgan fingerprint density at radius 1 is 0.881 bits per heavy atom. The van der Waals surface area contributed by atoms with Crippen LogP contribution in [-0.4, -0.2) is 46.9 Å². The lowest BCUT2D eigenvalue weighted by atomic mass is 9.99. The number of H-pyrrole nitrogens is 1. The van der Waals surface area contributed by atoms with E-state index in [1.54, 1.807) is 11.8 Å². The van der Waals surface area contributed by atoms with Crippen molar-refractivity contribution in [3.63, 3.8) is 0 Å². The van der Waals surface area contributed by atoms with Crippen LogP contribution < -0.4 is 9.80 Å². The summed E-state index contributed by atoms with van der Waals surface area (Å²) in [5.74, 6) is -0.214. The number of nitrogens with zero attached hydrogens (tertiary/aromatic N) is 4. The Kier molecular flexibility index (Phi) is 7.10. The van der Waals surface area contributed by atoms with Crippen molar-refractivity contribution in [1.82, 2.24) is 15.0 Å². The third kappa shape index (κ3) is 5.59. The summed E-state index contributed by atoms with van der Waals surface area (Å²) in [7, 11) is 0. The molecule has 5 rings (SSSR count). The predicted octanol–water partition coefficient (Wildman–Crippen LogP) is 7.21. The molecule has 0 amide bonds. The minimum atomic E-state index is -4.77. The Morgan fingerprint density at radius 2 is 1.55 bits per heavy atom. The van der Waals surface area contributed by atoms with E-state index in [9.17, 15) is 44.3 Å². The third-order valence-electron chi connectivity index (χ3n) is 6.95. The van der Waals surface area contributed by atoms with Gasteiger partial charge in [-0.25, -0.2) is 9.97 Å². The van der Waals surface area contributed by atoms with Gasteiger partial charge in [-0.3, -0.25) is 4.79 Å². The van der Waals surface area contributed by atoms with Crippen molar-refractivity contribution >= 4 is 29.1 Å². The fraction of sp³-hybridized carbons (Fsp3) is 0.296. The van der Waals surface area contributed by atoms with Crippen LogP contribution in [0.15, 0.2) is 48.7 Å². The molecule has 1 aliphatic rings. The number of rotatable bonds is 4. The van der Waals surface area contributed by atoms with Crippen molar-refractivity contribution in [2.45, 2.75) is 31.5 Å². The number of imidazole rings is 1. The van der Waals surface area contributed by atoms with Crippen LogP contribution in [0.3, 0.4) is 0 Å². The first-order valence-electron chi connectivity index (χ1n) is 12.4. The summed E-state index contributed by atoms with van der Waals surface area (Å²) in [5, 5.41) is 0. The van der Waals surface area contributed by atoms with Crippen LogP contribution in [0, 0.1) is 0 Å². The number of fused-ring (bicyclic) bond motifs is 1. The molecule has 3 heterocycles. The standard InChI is InChI=1S/C27H20F9N5O/c1-14-12-40(23-20(27(34,35)36)8-15(13-42)11-37-23)6-7-41(14)24-38-21-10-18(26(31,32)33)9-19(22(21)39-24)16-2-4-17(5-3-16)25(28,29)30/h2-5,8-11,13-14H,6-7,12H2,1H3,(H,38,39)/t14-/m1/s1. The maximum atomic E-state index is 13.7. The van der Waals surface area contributed by atoms with Gasteiger partial charge in [0.15, 0.2) is 6.29 Å². The molecule has 0 bridgehead atoms. The molecule has 0 aliphatic carbocycles. The summed E-state index contributed by atoms with van der Waals surface area (Å²) < 4.78 is 121. The van der Waals surface area contributed by atoms with Crippen molar-refractivity contribution in [2.24, 2.45) is 0 Å². The SMILES string of the molecule is C[C@@H]1CN(c2ncc(C=O)cc2C(F)(F)F)CCN1c1nc2c(-c3ccc(C(F)(F)F)cc3)cc(C(F)(F)F)cc2[nH]1. The molecule has 1 fully saturated rings. The van der Waals surface area contributed by atoms with Gasteiger partial charge in [-0.2, -0.15) is 39.5 Å². The Morgan fingerprint density at radius 3 is 2.12 bits per heavy atom. The molecule has 2 aromatic carbocycles. The average molecular weight is 601 g/mol. The second-order valence-electron chi connectivity index (χ2n) is 9.80. The number of hydrogen-bond acceptors (Lipinski definition) is 5. The molecule has 1 aliphatic heterocycles. The largest absolute Gasteiger partial charge is 0.419 e. The molecule has 6 nitrogen and oxygen atoms in total. The highest BCUT2D eigenvalue weighted by molar-refractivity contribution is 5.94. The van der Waals surface area contributed by atoms with Gasteiger partial charge in [0.2, 0.25) is 5.95 Å². The van der Waals surface area contributed by atoms with Crippen LogP contribution in [0.5, 0.6) is 0 Å². The first-order valence-corrected chi connectivity index (χ1v) is 12.4. The zero-order valence-electron chi connectivity index (χ0n) is 21.5. The number of carbonyl (C=O) groups is 1. The molecule has 1 N–H and O–H groups in total. The smallest absolute Gasteiger partial charge is 0.352 e. The molecule has 0 spiro atoms. The molecular formula is C27H20F9N5O. The Labute approximate surface area is 231 Å². The molecule has 15 heteroatoms. The molecule has 1 saturated heterocycles. The van der Waals surface area contributed by atoms with Gasteiger partial charge in [0.25, 0.3) is 0 Å². The van der Waals surface area contributed by atoms with Gasteiger partial charge in [-0.15, -0.1) is 0 Å².